The number of benzene rings is 1. The van der Waals surface area contributed by atoms with Crippen molar-refractivity contribution < 1.29 is 4.52 Å². The highest BCUT2D eigenvalue weighted by Crippen LogP contribution is 2.29. The van der Waals surface area contributed by atoms with Crippen molar-refractivity contribution in [3.8, 4) is 11.3 Å². The van der Waals surface area contributed by atoms with Gasteiger partial charge < -0.3 is 4.52 Å². The van der Waals surface area contributed by atoms with Crippen molar-refractivity contribution in [3.05, 3.63) is 51.1 Å². The molecule has 2 aromatic rings. The maximum absolute atomic E-state index is 8.42. The van der Waals surface area contributed by atoms with Crippen molar-refractivity contribution in [1.82, 2.24) is 5.16 Å². The highest BCUT2D eigenvalue weighted by atomic mass is 16.5. The molecule has 5 nitrogen and oxygen atoms in total. The SMILES string of the molecule is Cc1ccc(-c2noc(C)c2CN=[N+]=[N-])c(C)c1. The van der Waals surface area contributed by atoms with E-state index < -0.39 is 0 Å². The zero-order valence-corrected chi connectivity index (χ0v) is 10.6. The first kappa shape index (κ1) is 12.2. The topological polar surface area (TPSA) is 74.8 Å². The molecule has 0 unspecified atom stereocenters. The summed E-state index contributed by atoms with van der Waals surface area (Å²) in [6, 6.07) is 6.14. The highest BCUT2D eigenvalue weighted by molar-refractivity contribution is 5.67. The zero-order valence-electron chi connectivity index (χ0n) is 10.6. The Kier molecular flexibility index (Phi) is 3.35. The summed E-state index contributed by atoms with van der Waals surface area (Å²) < 4.78 is 5.20. The Bertz CT molecular complexity index is 624. The van der Waals surface area contributed by atoms with Gasteiger partial charge in [0.25, 0.3) is 0 Å². The van der Waals surface area contributed by atoms with Crippen LogP contribution in [0, 0.1) is 20.8 Å². The molecule has 1 heterocycles. The molecule has 92 valence electrons. The molecule has 0 aliphatic carbocycles. The minimum Gasteiger partial charge on any atom is -0.361 e. The predicted octanol–water partition coefficient (Wildman–Crippen LogP) is 4.08. The summed E-state index contributed by atoms with van der Waals surface area (Å²) in [5, 5.41) is 7.66. The van der Waals surface area contributed by atoms with E-state index in [0.29, 0.717) is 5.76 Å². The first-order valence-corrected chi connectivity index (χ1v) is 5.67. The van der Waals surface area contributed by atoms with Crippen molar-refractivity contribution in [3.63, 3.8) is 0 Å². The monoisotopic (exact) mass is 242 g/mol. The molecule has 0 atom stereocenters. The third-order valence-electron chi connectivity index (χ3n) is 2.91. The lowest BCUT2D eigenvalue weighted by atomic mass is 10.00. The molecule has 1 aromatic carbocycles. The fourth-order valence-corrected chi connectivity index (χ4v) is 1.97. The van der Waals surface area contributed by atoms with E-state index in [1.54, 1.807) is 0 Å². The summed E-state index contributed by atoms with van der Waals surface area (Å²) in [7, 11) is 0. The first-order valence-electron chi connectivity index (χ1n) is 5.67. The Morgan fingerprint density at radius 2 is 2.11 bits per heavy atom. The Morgan fingerprint density at radius 1 is 1.33 bits per heavy atom. The molecule has 0 fully saturated rings. The zero-order chi connectivity index (χ0) is 13.1. The molecular weight excluding hydrogens is 228 g/mol. The van der Waals surface area contributed by atoms with Crippen LogP contribution in [0.4, 0.5) is 0 Å². The highest BCUT2D eigenvalue weighted by Gasteiger charge is 2.15. The average Bonchev–Trinajstić information content (AvgIpc) is 2.68. The van der Waals surface area contributed by atoms with Gasteiger partial charge in [-0.2, -0.15) is 0 Å². The molecule has 0 radical (unpaired) electrons. The fraction of sp³-hybridized carbons (Fsp3) is 0.308. The van der Waals surface area contributed by atoms with E-state index >= 15 is 0 Å². The molecule has 1 aromatic heterocycles. The predicted molar refractivity (Wildman–Crippen MR) is 69.0 cm³/mol. The molecule has 18 heavy (non-hydrogen) atoms. The molecule has 5 heteroatoms. The summed E-state index contributed by atoms with van der Waals surface area (Å²) in [4.78, 5) is 2.78. The van der Waals surface area contributed by atoms with Crippen LogP contribution in [0.15, 0.2) is 27.8 Å². The van der Waals surface area contributed by atoms with E-state index in [4.69, 9.17) is 10.1 Å². The van der Waals surface area contributed by atoms with E-state index in [9.17, 15) is 0 Å². The van der Waals surface area contributed by atoms with Crippen LogP contribution in [-0.4, -0.2) is 5.16 Å². The standard InChI is InChI=1S/C13H14N4O/c1-8-4-5-11(9(2)6-8)13-12(7-15-17-14)10(3)18-16-13/h4-6H,7H2,1-3H3. The first-order chi connectivity index (χ1) is 8.63. The fourth-order valence-electron chi connectivity index (χ4n) is 1.97. The van der Waals surface area contributed by atoms with Gasteiger partial charge in [0.05, 0.1) is 6.54 Å². The maximum atomic E-state index is 8.42. The van der Waals surface area contributed by atoms with Gasteiger partial charge in [0.1, 0.15) is 11.5 Å². The lowest BCUT2D eigenvalue weighted by molar-refractivity contribution is 0.398. The van der Waals surface area contributed by atoms with Gasteiger partial charge in [0.15, 0.2) is 0 Å². The van der Waals surface area contributed by atoms with E-state index in [-0.39, 0.29) is 6.54 Å². The van der Waals surface area contributed by atoms with Gasteiger partial charge in [-0.1, -0.05) is 34.0 Å². The number of aryl methyl sites for hydroxylation is 3. The van der Waals surface area contributed by atoms with Crippen molar-refractivity contribution >= 4 is 0 Å². The molecule has 0 amide bonds. The van der Waals surface area contributed by atoms with Crippen molar-refractivity contribution in [2.75, 3.05) is 0 Å². The average molecular weight is 242 g/mol. The Balaban J connectivity index is 2.53. The number of hydrogen-bond donors (Lipinski definition) is 0. The Morgan fingerprint density at radius 3 is 2.78 bits per heavy atom. The van der Waals surface area contributed by atoms with Crippen LogP contribution in [0.5, 0.6) is 0 Å². The summed E-state index contributed by atoms with van der Waals surface area (Å²) in [6.45, 7) is 6.16. The molecule has 0 saturated carbocycles. The molecule has 0 aliphatic heterocycles. The van der Waals surface area contributed by atoms with Gasteiger partial charge in [-0.15, -0.1) is 0 Å². The van der Waals surface area contributed by atoms with E-state index in [0.717, 1.165) is 22.4 Å². The lowest BCUT2D eigenvalue weighted by Gasteiger charge is -2.05. The van der Waals surface area contributed by atoms with Gasteiger partial charge in [0, 0.05) is 16.0 Å². The number of hydrogen-bond acceptors (Lipinski definition) is 3. The largest absolute Gasteiger partial charge is 0.361 e. The van der Waals surface area contributed by atoms with Gasteiger partial charge in [-0.05, 0) is 31.9 Å². The quantitative estimate of drug-likeness (QED) is 0.462. The van der Waals surface area contributed by atoms with Crippen LogP contribution in [-0.2, 0) is 6.54 Å². The second-order valence-corrected chi connectivity index (χ2v) is 4.27. The normalized spacial score (nSPS) is 10.2. The summed E-state index contributed by atoms with van der Waals surface area (Å²) in [5.41, 5.74) is 13.4. The summed E-state index contributed by atoms with van der Waals surface area (Å²) in [6.07, 6.45) is 0. The second kappa shape index (κ2) is 4.94. The van der Waals surface area contributed by atoms with Crippen LogP contribution in [0.2, 0.25) is 0 Å². The van der Waals surface area contributed by atoms with Gasteiger partial charge in [-0.25, -0.2) is 0 Å². The van der Waals surface area contributed by atoms with Crippen molar-refractivity contribution in [2.24, 2.45) is 5.11 Å². The minimum atomic E-state index is 0.258. The molecule has 2 rings (SSSR count). The molecular formula is C13H14N4O. The number of nitrogens with zero attached hydrogens (tertiary/aromatic N) is 4. The van der Waals surface area contributed by atoms with Crippen molar-refractivity contribution in [2.45, 2.75) is 27.3 Å². The Hall–Kier alpha value is -2.26. The molecule has 0 saturated heterocycles. The van der Waals surface area contributed by atoms with Gasteiger partial charge in [-0.3, -0.25) is 0 Å². The third-order valence-corrected chi connectivity index (χ3v) is 2.91. The Labute approximate surface area is 105 Å². The van der Waals surface area contributed by atoms with Gasteiger partial charge >= 0.3 is 0 Å². The molecule has 0 aliphatic rings. The van der Waals surface area contributed by atoms with Crippen molar-refractivity contribution in [1.29, 1.82) is 0 Å². The van der Waals surface area contributed by atoms with Crippen LogP contribution in [0.1, 0.15) is 22.5 Å². The van der Waals surface area contributed by atoms with Crippen LogP contribution < -0.4 is 0 Å². The summed E-state index contributed by atoms with van der Waals surface area (Å²) >= 11 is 0. The molecule has 0 spiro atoms. The van der Waals surface area contributed by atoms with E-state index in [1.807, 2.05) is 32.9 Å². The molecule has 0 bridgehead atoms. The minimum absolute atomic E-state index is 0.258. The summed E-state index contributed by atoms with van der Waals surface area (Å²) in [5.74, 6) is 0.692. The van der Waals surface area contributed by atoms with Crippen LogP contribution >= 0.6 is 0 Å². The van der Waals surface area contributed by atoms with E-state index in [2.05, 4.69) is 21.2 Å². The maximum Gasteiger partial charge on any atom is 0.137 e. The lowest BCUT2D eigenvalue weighted by Crippen LogP contribution is -1.90. The van der Waals surface area contributed by atoms with Crippen LogP contribution in [0.3, 0.4) is 0 Å². The van der Waals surface area contributed by atoms with Gasteiger partial charge in [0.2, 0.25) is 0 Å². The number of azide groups is 1. The number of aromatic nitrogens is 1. The second-order valence-electron chi connectivity index (χ2n) is 4.27. The molecule has 0 N–H and O–H groups in total. The third kappa shape index (κ3) is 2.21. The smallest absolute Gasteiger partial charge is 0.137 e. The van der Waals surface area contributed by atoms with E-state index in [1.165, 1.54) is 5.56 Å². The number of rotatable bonds is 3. The van der Waals surface area contributed by atoms with Crippen LogP contribution in [0.25, 0.3) is 21.7 Å².